The minimum absolute atomic E-state index is 0.0101. The van der Waals surface area contributed by atoms with Gasteiger partial charge >= 0.3 is 0 Å². The minimum atomic E-state index is 0.0101. The summed E-state index contributed by atoms with van der Waals surface area (Å²) in [7, 11) is 0. The van der Waals surface area contributed by atoms with Gasteiger partial charge in [-0.2, -0.15) is 11.3 Å². The van der Waals surface area contributed by atoms with Gasteiger partial charge in [-0.05, 0) is 36.6 Å². The smallest absolute Gasteiger partial charge is 0.230 e. The van der Waals surface area contributed by atoms with Crippen molar-refractivity contribution in [2.24, 2.45) is 17.3 Å². The Morgan fingerprint density at radius 3 is 2.77 bits per heavy atom. The molecule has 0 radical (unpaired) electrons. The summed E-state index contributed by atoms with van der Waals surface area (Å²) in [6.45, 7) is 8.42. The number of nitrogens with zero attached hydrogens (tertiary/aromatic N) is 2. The van der Waals surface area contributed by atoms with Crippen molar-refractivity contribution in [1.29, 1.82) is 0 Å². The van der Waals surface area contributed by atoms with E-state index in [0.717, 1.165) is 10.6 Å². The maximum Gasteiger partial charge on any atom is 0.230 e. The van der Waals surface area contributed by atoms with Crippen LogP contribution in [0.1, 0.15) is 27.7 Å². The van der Waals surface area contributed by atoms with Gasteiger partial charge in [-0.1, -0.05) is 36.8 Å². The van der Waals surface area contributed by atoms with Crippen LogP contribution in [0.5, 0.6) is 0 Å². The van der Waals surface area contributed by atoms with Crippen molar-refractivity contribution in [1.82, 2.24) is 10.2 Å². The van der Waals surface area contributed by atoms with Crippen LogP contribution < -0.4 is 5.32 Å². The Bertz CT molecular complexity index is 712. The molecule has 1 aliphatic carbocycles. The second-order valence-electron chi connectivity index (χ2n) is 6.48. The van der Waals surface area contributed by atoms with E-state index in [2.05, 4.69) is 49.3 Å². The first-order valence-corrected chi connectivity index (χ1v) is 8.97. The summed E-state index contributed by atoms with van der Waals surface area (Å²) in [6, 6.07) is 2.01. The number of thiophene rings is 1. The van der Waals surface area contributed by atoms with Crippen LogP contribution in [0, 0.1) is 17.3 Å². The number of amides is 1. The summed E-state index contributed by atoms with van der Waals surface area (Å²) in [6.07, 6.45) is 2.20. The largest absolute Gasteiger partial charge is 0.300 e. The fourth-order valence-electron chi connectivity index (χ4n) is 2.81. The first-order valence-electron chi connectivity index (χ1n) is 7.21. The van der Waals surface area contributed by atoms with Gasteiger partial charge in [0.05, 0.1) is 5.92 Å². The molecule has 1 amide bonds. The van der Waals surface area contributed by atoms with Crippen LogP contribution in [0.25, 0.3) is 10.6 Å². The zero-order valence-electron chi connectivity index (χ0n) is 13.1. The van der Waals surface area contributed by atoms with E-state index in [1.165, 1.54) is 16.9 Å². The zero-order valence-corrected chi connectivity index (χ0v) is 14.7. The Morgan fingerprint density at radius 2 is 2.14 bits per heavy atom. The van der Waals surface area contributed by atoms with Gasteiger partial charge in [0, 0.05) is 10.9 Å². The van der Waals surface area contributed by atoms with Crippen LogP contribution in [0.15, 0.2) is 28.5 Å². The highest BCUT2D eigenvalue weighted by Gasteiger charge is 2.60. The number of carbonyl (C=O) groups excluding carboxylic acids is 1. The third-order valence-corrected chi connectivity index (χ3v) is 5.70. The highest BCUT2D eigenvalue weighted by Crippen LogP contribution is 2.59. The number of anilines is 1. The van der Waals surface area contributed by atoms with Gasteiger partial charge < -0.3 is 5.32 Å². The molecule has 6 heteroatoms. The van der Waals surface area contributed by atoms with Crippen LogP contribution in [-0.2, 0) is 4.79 Å². The molecule has 0 unspecified atom stereocenters. The molecule has 0 aromatic carbocycles. The van der Waals surface area contributed by atoms with Crippen molar-refractivity contribution in [3.8, 4) is 10.6 Å². The molecule has 2 aromatic rings. The van der Waals surface area contributed by atoms with Gasteiger partial charge in [0.2, 0.25) is 11.0 Å². The summed E-state index contributed by atoms with van der Waals surface area (Å²) in [5.41, 5.74) is 2.32. The molecule has 0 bridgehead atoms. The van der Waals surface area contributed by atoms with Gasteiger partial charge in [0.1, 0.15) is 5.01 Å². The number of carbonyl (C=O) groups is 1. The maximum absolute atomic E-state index is 12.5. The molecule has 0 saturated heterocycles. The lowest BCUT2D eigenvalue weighted by molar-refractivity contribution is -0.118. The van der Waals surface area contributed by atoms with Crippen molar-refractivity contribution in [2.45, 2.75) is 27.7 Å². The van der Waals surface area contributed by atoms with E-state index >= 15 is 0 Å². The Balaban J connectivity index is 1.69. The van der Waals surface area contributed by atoms with Gasteiger partial charge in [-0.3, -0.25) is 4.79 Å². The molecule has 2 aromatic heterocycles. The monoisotopic (exact) mass is 333 g/mol. The van der Waals surface area contributed by atoms with Gasteiger partial charge in [0.25, 0.3) is 0 Å². The predicted molar refractivity (Wildman–Crippen MR) is 92.0 cm³/mol. The molecule has 0 aliphatic heterocycles. The van der Waals surface area contributed by atoms with E-state index in [-0.39, 0.29) is 17.2 Å². The van der Waals surface area contributed by atoms with Crippen molar-refractivity contribution >= 4 is 33.7 Å². The second-order valence-corrected chi connectivity index (χ2v) is 8.24. The number of allylic oxidation sites excluding steroid dienone is 2. The molecule has 2 atom stereocenters. The quantitative estimate of drug-likeness (QED) is 0.841. The van der Waals surface area contributed by atoms with E-state index in [1.807, 2.05) is 16.8 Å². The Labute approximate surface area is 138 Å². The zero-order chi connectivity index (χ0) is 15.9. The normalized spacial score (nSPS) is 22.2. The summed E-state index contributed by atoms with van der Waals surface area (Å²) >= 11 is 3.04. The summed E-state index contributed by atoms with van der Waals surface area (Å²) in [5, 5.41) is 16.6. The van der Waals surface area contributed by atoms with Gasteiger partial charge in [0.15, 0.2) is 0 Å². The summed E-state index contributed by atoms with van der Waals surface area (Å²) in [4.78, 5) is 12.5. The fraction of sp³-hybridized carbons (Fsp3) is 0.438. The highest BCUT2D eigenvalue weighted by atomic mass is 32.1. The molecule has 116 valence electrons. The van der Waals surface area contributed by atoms with E-state index < -0.39 is 0 Å². The van der Waals surface area contributed by atoms with Crippen LogP contribution in [-0.4, -0.2) is 16.1 Å². The van der Waals surface area contributed by atoms with Crippen molar-refractivity contribution in [3.63, 3.8) is 0 Å². The van der Waals surface area contributed by atoms with Crippen LogP contribution in [0.4, 0.5) is 5.13 Å². The molecule has 2 heterocycles. The maximum atomic E-state index is 12.5. The summed E-state index contributed by atoms with van der Waals surface area (Å²) < 4.78 is 0. The lowest BCUT2D eigenvalue weighted by Gasteiger charge is -2.01. The van der Waals surface area contributed by atoms with Crippen LogP contribution in [0.3, 0.4) is 0 Å². The van der Waals surface area contributed by atoms with E-state index in [4.69, 9.17) is 0 Å². The first-order chi connectivity index (χ1) is 10.4. The Kier molecular flexibility index (Phi) is 3.91. The summed E-state index contributed by atoms with van der Waals surface area (Å²) in [5.74, 6) is 0.359. The minimum Gasteiger partial charge on any atom is -0.300 e. The number of nitrogens with one attached hydrogen (secondary N) is 1. The van der Waals surface area contributed by atoms with E-state index in [1.54, 1.807) is 11.3 Å². The molecule has 1 saturated carbocycles. The molecular formula is C16H19N3OS2. The lowest BCUT2D eigenvalue weighted by Crippen LogP contribution is -2.16. The molecule has 1 aliphatic rings. The molecule has 0 spiro atoms. The third kappa shape index (κ3) is 2.85. The van der Waals surface area contributed by atoms with Crippen molar-refractivity contribution in [3.05, 3.63) is 28.5 Å². The van der Waals surface area contributed by atoms with E-state index in [0.29, 0.717) is 11.0 Å². The second kappa shape index (κ2) is 5.59. The molecular weight excluding hydrogens is 314 g/mol. The SMILES string of the molecule is CC(C)=C[C@H]1[C@H](C(=O)Nc2nnc(-c3ccsc3)s2)C1(C)C. The molecule has 22 heavy (non-hydrogen) atoms. The molecule has 4 nitrogen and oxygen atoms in total. The molecule has 3 rings (SSSR count). The topological polar surface area (TPSA) is 54.9 Å². The average molecular weight is 333 g/mol. The Hall–Kier alpha value is -1.53. The number of aromatic nitrogens is 2. The van der Waals surface area contributed by atoms with Crippen molar-refractivity contribution in [2.75, 3.05) is 5.32 Å². The highest BCUT2D eigenvalue weighted by molar-refractivity contribution is 7.19. The van der Waals surface area contributed by atoms with E-state index in [9.17, 15) is 4.79 Å². The number of hydrogen-bond acceptors (Lipinski definition) is 5. The lowest BCUT2D eigenvalue weighted by atomic mass is 10.1. The van der Waals surface area contributed by atoms with Crippen LogP contribution in [0.2, 0.25) is 0 Å². The van der Waals surface area contributed by atoms with Gasteiger partial charge in [-0.25, -0.2) is 0 Å². The average Bonchev–Trinajstić information content (AvgIpc) is 2.90. The van der Waals surface area contributed by atoms with Gasteiger partial charge in [-0.15, -0.1) is 10.2 Å². The number of rotatable bonds is 4. The molecule has 1 fully saturated rings. The number of hydrogen-bond donors (Lipinski definition) is 1. The Morgan fingerprint density at radius 1 is 1.36 bits per heavy atom. The standard InChI is InChI=1S/C16H19N3OS2/c1-9(2)7-11-12(16(11,3)4)13(20)17-15-19-18-14(22-15)10-5-6-21-8-10/h5-8,11-12H,1-4H3,(H,17,19,20)/t11-,12+/m0/s1. The molecule has 1 N–H and O–H groups in total. The fourth-order valence-corrected chi connectivity index (χ4v) is 4.27. The van der Waals surface area contributed by atoms with Crippen LogP contribution >= 0.6 is 22.7 Å². The first kappa shape index (κ1) is 15.4. The third-order valence-electron chi connectivity index (χ3n) is 4.13. The predicted octanol–water partition coefficient (Wildman–Crippen LogP) is 4.44. The van der Waals surface area contributed by atoms with Crippen molar-refractivity contribution < 1.29 is 4.79 Å².